The second kappa shape index (κ2) is 5.41. The second-order valence-electron chi connectivity index (χ2n) is 5.16. The molecule has 1 nitrogen and oxygen atoms in total. The molecule has 1 aliphatic carbocycles. The summed E-state index contributed by atoms with van der Waals surface area (Å²) in [6.45, 7) is 0. The molecule has 2 aromatic rings. The van der Waals surface area contributed by atoms with Gasteiger partial charge in [-0.15, -0.1) is 0 Å². The van der Waals surface area contributed by atoms with Crippen molar-refractivity contribution >= 4 is 17.3 Å². The van der Waals surface area contributed by atoms with Gasteiger partial charge in [0.05, 0.1) is 0 Å². The highest BCUT2D eigenvalue weighted by atomic mass is 35.5. The van der Waals surface area contributed by atoms with Crippen LogP contribution in [0.5, 0.6) is 0 Å². The van der Waals surface area contributed by atoms with Crippen molar-refractivity contribution in [1.82, 2.24) is 0 Å². The van der Waals surface area contributed by atoms with Crippen LogP contribution in [0.25, 0.3) is 0 Å². The largest absolute Gasteiger partial charge is 0.382 e. The lowest BCUT2D eigenvalue weighted by molar-refractivity contribution is 0.374. The molecule has 104 valence electrons. The molecule has 1 saturated carbocycles. The van der Waals surface area contributed by atoms with Crippen molar-refractivity contribution in [1.29, 1.82) is 0 Å². The van der Waals surface area contributed by atoms with E-state index in [2.05, 4.69) is 5.32 Å². The summed E-state index contributed by atoms with van der Waals surface area (Å²) in [6, 6.07) is 12.0. The first kappa shape index (κ1) is 13.4. The van der Waals surface area contributed by atoms with Crippen LogP contribution in [-0.4, -0.2) is 6.04 Å². The van der Waals surface area contributed by atoms with Crippen molar-refractivity contribution < 1.29 is 8.78 Å². The molecule has 0 unspecified atom stereocenters. The van der Waals surface area contributed by atoms with Gasteiger partial charge in [-0.1, -0.05) is 29.8 Å². The summed E-state index contributed by atoms with van der Waals surface area (Å²) in [5.41, 5.74) is 1.78. The van der Waals surface area contributed by atoms with Crippen molar-refractivity contribution in [3.63, 3.8) is 0 Å². The van der Waals surface area contributed by atoms with Gasteiger partial charge >= 0.3 is 0 Å². The molecule has 1 fully saturated rings. The monoisotopic (exact) mass is 293 g/mol. The number of anilines is 1. The van der Waals surface area contributed by atoms with E-state index < -0.39 is 11.6 Å². The van der Waals surface area contributed by atoms with Gasteiger partial charge in [0.2, 0.25) is 0 Å². The van der Waals surface area contributed by atoms with Gasteiger partial charge in [-0.05, 0) is 42.5 Å². The maximum absolute atomic E-state index is 13.1. The topological polar surface area (TPSA) is 12.0 Å². The van der Waals surface area contributed by atoms with Crippen molar-refractivity contribution in [2.75, 3.05) is 5.32 Å². The third kappa shape index (κ3) is 2.63. The van der Waals surface area contributed by atoms with Crippen LogP contribution in [0.15, 0.2) is 42.5 Å². The number of halogens is 3. The van der Waals surface area contributed by atoms with Gasteiger partial charge in [-0.3, -0.25) is 0 Å². The molecule has 0 radical (unpaired) electrons. The highest BCUT2D eigenvalue weighted by Gasteiger charge is 2.31. The first-order valence-electron chi connectivity index (χ1n) is 6.59. The molecule has 0 amide bonds. The van der Waals surface area contributed by atoms with E-state index in [0.29, 0.717) is 11.6 Å². The molecule has 2 aromatic carbocycles. The third-order valence-electron chi connectivity index (χ3n) is 3.77. The van der Waals surface area contributed by atoms with Crippen LogP contribution < -0.4 is 5.32 Å². The fourth-order valence-corrected chi connectivity index (χ4v) is 2.91. The van der Waals surface area contributed by atoms with E-state index in [9.17, 15) is 8.78 Å². The summed E-state index contributed by atoms with van der Waals surface area (Å²) in [5, 5.41) is 4.01. The van der Waals surface area contributed by atoms with E-state index in [0.717, 1.165) is 29.5 Å². The van der Waals surface area contributed by atoms with Crippen LogP contribution >= 0.6 is 11.6 Å². The Labute approximate surface area is 121 Å². The lowest BCUT2D eigenvalue weighted by Gasteiger charge is -2.37. The fourth-order valence-electron chi connectivity index (χ4n) is 2.62. The van der Waals surface area contributed by atoms with E-state index in [1.54, 1.807) is 6.07 Å². The van der Waals surface area contributed by atoms with Gasteiger partial charge in [0, 0.05) is 22.8 Å². The van der Waals surface area contributed by atoms with Crippen LogP contribution in [0, 0.1) is 11.6 Å². The molecule has 1 N–H and O–H groups in total. The smallest absolute Gasteiger partial charge is 0.160 e. The Hall–Kier alpha value is -1.61. The lowest BCUT2D eigenvalue weighted by atomic mass is 9.76. The van der Waals surface area contributed by atoms with Gasteiger partial charge in [-0.25, -0.2) is 8.78 Å². The third-order valence-corrected chi connectivity index (χ3v) is 4.12. The Balaban J connectivity index is 1.61. The molecule has 0 spiro atoms. The molecule has 0 bridgehead atoms. The average Bonchev–Trinajstić information content (AvgIpc) is 2.39. The molecular formula is C16H14ClF2N. The van der Waals surface area contributed by atoms with Crippen LogP contribution in [0.3, 0.4) is 0 Å². The Kier molecular flexibility index (Phi) is 3.62. The molecule has 20 heavy (non-hydrogen) atoms. The highest BCUT2D eigenvalue weighted by Crippen LogP contribution is 2.41. The minimum atomic E-state index is -0.822. The van der Waals surface area contributed by atoms with Crippen LogP contribution in [0.1, 0.15) is 24.3 Å². The number of nitrogens with one attached hydrogen (secondary N) is 1. The summed E-state index contributed by atoms with van der Waals surface area (Å²) in [6.07, 6.45) is 1.89. The number of hydrogen-bond acceptors (Lipinski definition) is 1. The minimum Gasteiger partial charge on any atom is -0.382 e. The normalized spacial score (nSPS) is 21.4. The van der Waals surface area contributed by atoms with Gasteiger partial charge in [0.15, 0.2) is 11.6 Å². The number of rotatable bonds is 3. The molecule has 0 saturated heterocycles. The van der Waals surface area contributed by atoms with E-state index in [1.807, 2.05) is 24.3 Å². The minimum absolute atomic E-state index is 0.279. The number of hydrogen-bond donors (Lipinski definition) is 1. The van der Waals surface area contributed by atoms with Gasteiger partial charge in [-0.2, -0.15) is 0 Å². The summed E-state index contributed by atoms with van der Waals surface area (Å²) in [4.78, 5) is 0. The van der Waals surface area contributed by atoms with Crippen molar-refractivity contribution in [2.24, 2.45) is 0 Å². The Bertz CT molecular complexity index is 624. The molecule has 0 aliphatic heterocycles. The quantitative estimate of drug-likeness (QED) is 0.842. The van der Waals surface area contributed by atoms with Gasteiger partial charge < -0.3 is 5.32 Å². The van der Waals surface area contributed by atoms with Crippen LogP contribution in [0.4, 0.5) is 14.5 Å². The summed E-state index contributed by atoms with van der Waals surface area (Å²) >= 11 is 6.17. The lowest BCUT2D eigenvalue weighted by Crippen LogP contribution is -2.34. The summed E-state index contributed by atoms with van der Waals surface area (Å²) in [5.74, 6) is -1.21. The predicted octanol–water partition coefficient (Wildman–Crippen LogP) is 4.98. The first-order chi connectivity index (χ1) is 9.63. The van der Waals surface area contributed by atoms with Gasteiger partial charge in [0.1, 0.15) is 0 Å². The van der Waals surface area contributed by atoms with Crippen molar-refractivity contribution in [2.45, 2.75) is 24.8 Å². The van der Waals surface area contributed by atoms with Crippen molar-refractivity contribution in [3.05, 3.63) is 64.7 Å². The Morgan fingerprint density at radius 3 is 2.45 bits per heavy atom. The van der Waals surface area contributed by atoms with Crippen molar-refractivity contribution in [3.8, 4) is 0 Å². The molecular weight excluding hydrogens is 280 g/mol. The fraction of sp³-hybridized carbons (Fsp3) is 0.250. The van der Waals surface area contributed by atoms with E-state index in [4.69, 9.17) is 11.6 Å². The zero-order valence-electron chi connectivity index (χ0n) is 10.7. The van der Waals surface area contributed by atoms with E-state index in [-0.39, 0.29) is 6.04 Å². The summed E-state index contributed by atoms with van der Waals surface area (Å²) in [7, 11) is 0. The molecule has 1 aliphatic rings. The predicted molar refractivity (Wildman–Crippen MR) is 77.2 cm³/mol. The maximum Gasteiger partial charge on any atom is 0.160 e. The Morgan fingerprint density at radius 2 is 1.75 bits per heavy atom. The highest BCUT2D eigenvalue weighted by molar-refractivity contribution is 6.31. The first-order valence-corrected chi connectivity index (χ1v) is 6.97. The average molecular weight is 294 g/mol. The molecule has 0 aromatic heterocycles. The van der Waals surface area contributed by atoms with E-state index >= 15 is 0 Å². The van der Waals surface area contributed by atoms with E-state index in [1.165, 1.54) is 6.07 Å². The van der Waals surface area contributed by atoms with Crippen LogP contribution in [0.2, 0.25) is 5.02 Å². The zero-order chi connectivity index (χ0) is 14.1. The van der Waals surface area contributed by atoms with Gasteiger partial charge in [0.25, 0.3) is 0 Å². The molecule has 3 rings (SSSR count). The summed E-state index contributed by atoms with van der Waals surface area (Å²) < 4.78 is 26.0. The second-order valence-corrected chi connectivity index (χ2v) is 5.57. The maximum atomic E-state index is 13.1. The zero-order valence-corrected chi connectivity index (χ0v) is 11.5. The standard InChI is InChI=1S/C16H14ClF2N/c17-14-4-2-1-3-13(14)10-7-12(8-10)20-11-5-6-15(18)16(19)9-11/h1-6,9-10,12,20H,7-8H2. The van der Waals surface area contributed by atoms with Crippen LogP contribution in [-0.2, 0) is 0 Å². The molecule has 0 heterocycles. The molecule has 4 heteroatoms. The SMILES string of the molecule is Fc1ccc(NC2CC(c3ccccc3Cl)C2)cc1F. The number of benzene rings is 2. The molecule has 0 atom stereocenters. The Morgan fingerprint density at radius 1 is 1.00 bits per heavy atom.